The van der Waals surface area contributed by atoms with Gasteiger partial charge in [-0.25, -0.2) is 4.98 Å². The van der Waals surface area contributed by atoms with Gasteiger partial charge in [-0.15, -0.1) is 0 Å². The summed E-state index contributed by atoms with van der Waals surface area (Å²) in [5, 5.41) is 14.9. The minimum Gasteiger partial charge on any atom is -0.507 e. The van der Waals surface area contributed by atoms with E-state index in [-0.39, 0.29) is 22.5 Å². The number of nitrogens with zero attached hydrogens (tertiary/aromatic N) is 3. The second-order valence-corrected chi connectivity index (χ2v) is 18.7. The minimum atomic E-state index is -0.330. The minimum absolute atomic E-state index is 0.188. The average Bonchev–Trinajstić information content (AvgIpc) is 3.65. The number of aromatic nitrogens is 3. The van der Waals surface area contributed by atoms with E-state index in [1.807, 2.05) is 6.20 Å². The van der Waals surface area contributed by atoms with Crippen LogP contribution in [-0.2, 0) is 10.8 Å². The number of phenolic OH excluding ortho intramolecular Hbond substituents is 1. The maximum atomic E-state index is 12.6. The second kappa shape index (κ2) is 15.4. The van der Waals surface area contributed by atoms with Crippen molar-refractivity contribution < 1.29 is 5.11 Å². The van der Waals surface area contributed by atoms with Gasteiger partial charge < -0.3 is 5.11 Å². The standard InChI is InChI=1S/C57H53N3O/c1-36(2)41-29-42(31-43(30-41)50-32-39-23-15-16-24-40(39)35-58-50)45-25-18-28-51-52(45)59-55(48-33-44(56(3,4)5)34-49(54(48)61)57(6,7)8)60(51)53-46(37-19-11-9-12-20-37)26-17-27-47(53)38-21-13-10-14-22-38/h9-36,61H,1-8H3. The zero-order valence-electron chi connectivity index (χ0n) is 36.5. The van der Waals surface area contributed by atoms with Gasteiger partial charge in [0.25, 0.3) is 0 Å². The van der Waals surface area contributed by atoms with E-state index >= 15 is 0 Å². The quantitative estimate of drug-likeness (QED) is 0.175. The molecule has 0 spiro atoms. The molecule has 61 heavy (non-hydrogen) atoms. The van der Waals surface area contributed by atoms with Crippen LogP contribution in [-0.4, -0.2) is 19.6 Å². The Labute approximate surface area is 360 Å². The number of imidazole rings is 1. The molecule has 0 aliphatic carbocycles. The van der Waals surface area contributed by atoms with Gasteiger partial charge in [-0.1, -0.05) is 183 Å². The van der Waals surface area contributed by atoms with Crippen LogP contribution >= 0.6 is 0 Å². The number of fused-ring (bicyclic) bond motifs is 2. The molecule has 9 aromatic rings. The SMILES string of the molecule is CC(C)c1cc(-c2cc3ccccc3cn2)cc(-c2cccc3c2nc(-c2cc(C(C)(C)C)cc(C(C)(C)C)c2O)n3-c2c(-c3ccccc3)cccc2-c2ccccc2)c1. The normalized spacial score (nSPS) is 12.1. The molecule has 7 aromatic carbocycles. The third kappa shape index (κ3) is 7.42. The molecule has 0 aliphatic rings. The number of para-hydroxylation sites is 2. The number of pyridine rings is 1. The largest absolute Gasteiger partial charge is 0.507 e. The molecule has 0 saturated heterocycles. The summed E-state index contributed by atoms with van der Waals surface area (Å²) in [5.41, 5.74) is 14.7. The van der Waals surface area contributed by atoms with Gasteiger partial charge in [-0.2, -0.15) is 0 Å². The van der Waals surface area contributed by atoms with E-state index in [2.05, 4.69) is 218 Å². The van der Waals surface area contributed by atoms with Gasteiger partial charge in [0.05, 0.1) is 28.0 Å². The average molecular weight is 796 g/mol. The van der Waals surface area contributed by atoms with Crippen molar-refractivity contribution in [3.8, 4) is 67.5 Å². The summed E-state index contributed by atoms with van der Waals surface area (Å²) in [6, 6.07) is 56.0. The van der Waals surface area contributed by atoms with Gasteiger partial charge in [-0.05, 0) is 80.3 Å². The summed E-state index contributed by atoms with van der Waals surface area (Å²) in [4.78, 5) is 10.7. The Bertz CT molecular complexity index is 3010. The molecule has 2 aromatic heterocycles. The molecule has 0 aliphatic heterocycles. The summed E-state index contributed by atoms with van der Waals surface area (Å²) in [7, 11) is 0. The highest BCUT2D eigenvalue weighted by atomic mass is 16.3. The van der Waals surface area contributed by atoms with Crippen LogP contribution < -0.4 is 0 Å². The topological polar surface area (TPSA) is 50.9 Å². The Morgan fingerprint density at radius 3 is 1.74 bits per heavy atom. The number of phenols is 1. The third-order valence-electron chi connectivity index (χ3n) is 12.0. The van der Waals surface area contributed by atoms with Gasteiger partial charge in [0, 0.05) is 39.4 Å². The van der Waals surface area contributed by atoms with Crippen LogP contribution in [0.25, 0.3) is 83.5 Å². The summed E-state index contributed by atoms with van der Waals surface area (Å²) < 4.78 is 2.32. The Morgan fingerprint density at radius 1 is 0.525 bits per heavy atom. The zero-order chi connectivity index (χ0) is 42.6. The maximum Gasteiger partial charge on any atom is 0.149 e. The van der Waals surface area contributed by atoms with E-state index in [4.69, 9.17) is 9.97 Å². The van der Waals surface area contributed by atoms with Crippen molar-refractivity contribution in [3.63, 3.8) is 0 Å². The highest BCUT2D eigenvalue weighted by Crippen LogP contribution is 2.47. The molecular weight excluding hydrogens is 743 g/mol. The molecule has 0 unspecified atom stereocenters. The van der Waals surface area contributed by atoms with Gasteiger partial charge in [0.2, 0.25) is 0 Å². The fourth-order valence-electron chi connectivity index (χ4n) is 8.56. The summed E-state index contributed by atoms with van der Waals surface area (Å²) in [6.45, 7) is 17.7. The summed E-state index contributed by atoms with van der Waals surface area (Å²) >= 11 is 0. The van der Waals surface area contributed by atoms with Crippen LogP contribution in [0, 0.1) is 0 Å². The molecule has 1 N–H and O–H groups in total. The highest BCUT2D eigenvalue weighted by molar-refractivity contribution is 5.99. The fourth-order valence-corrected chi connectivity index (χ4v) is 8.56. The molecule has 0 amide bonds. The second-order valence-electron chi connectivity index (χ2n) is 18.7. The molecule has 0 radical (unpaired) electrons. The van der Waals surface area contributed by atoms with Crippen LogP contribution in [0.1, 0.15) is 78.0 Å². The van der Waals surface area contributed by atoms with Crippen LogP contribution in [0.5, 0.6) is 5.75 Å². The Balaban J connectivity index is 1.41. The number of benzene rings is 7. The van der Waals surface area contributed by atoms with E-state index in [1.54, 1.807) is 0 Å². The fraction of sp³-hybridized carbons (Fsp3) is 0.193. The van der Waals surface area contributed by atoms with Crippen molar-refractivity contribution in [2.45, 2.75) is 72.1 Å². The van der Waals surface area contributed by atoms with Gasteiger partial charge >= 0.3 is 0 Å². The first kappa shape index (κ1) is 39.7. The lowest BCUT2D eigenvalue weighted by Crippen LogP contribution is -2.17. The van der Waals surface area contributed by atoms with Crippen molar-refractivity contribution in [1.29, 1.82) is 0 Å². The molecular formula is C57H53N3O. The van der Waals surface area contributed by atoms with E-state index in [9.17, 15) is 5.11 Å². The predicted molar refractivity (Wildman–Crippen MR) is 257 cm³/mol. The lowest BCUT2D eigenvalue weighted by molar-refractivity contribution is 0.446. The maximum absolute atomic E-state index is 12.6. The van der Waals surface area contributed by atoms with Gasteiger partial charge in [0.1, 0.15) is 11.6 Å². The zero-order valence-corrected chi connectivity index (χ0v) is 36.5. The monoisotopic (exact) mass is 795 g/mol. The molecule has 0 fully saturated rings. The first-order valence-corrected chi connectivity index (χ1v) is 21.4. The molecule has 2 heterocycles. The van der Waals surface area contributed by atoms with E-state index < -0.39 is 0 Å². The van der Waals surface area contributed by atoms with E-state index in [1.165, 1.54) is 5.56 Å². The molecule has 302 valence electrons. The third-order valence-corrected chi connectivity index (χ3v) is 12.0. The first-order chi connectivity index (χ1) is 29.3. The van der Waals surface area contributed by atoms with Crippen molar-refractivity contribution in [1.82, 2.24) is 14.5 Å². The van der Waals surface area contributed by atoms with Crippen molar-refractivity contribution in [2.24, 2.45) is 0 Å². The van der Waals surface area contributed by atoms with E-state index in [0.29, 0.717) is 11.4 Å². The number of aromatic hydroxyl groups is 1. The smallest absolute Gasteiger partial charge is 0.149 e. The lowest BCUT2D eigenvalue weighted by Gasteiger charge is -2.28. The molecule has 0 bridgehead atoms. The lowest BCUT2D eigenvalue weighted by atomic mass is 9.79. The molecule has 4 nitrogen and oxygen atoms in total. The molecule has 4 heteroatoms. The molecule has 0 saturated carbocycles. The van der Waals surface area contributed by atoms with Crippen molar-refractivity contribution in [2.75, 3.05) is 0 Å². The van der Waals surface area contributed by atoms with Crippen molar-refractivity contribution >= 4 is 21.8 Å². The Morgan fingerprint density at radius 2 is 1.11 bits per heavy atom. The van der Waals surface area contributed by atoms with Gasteiger partial charge in [-0.3, -0.25) is 9.55 Å². The number of hydrogen-bond acceptors (Lipinski definition) is 3. The van der Waals surface area contributed by atoms with E-state index in [0.717, 1.165) is 83.3 Å². The first-order valence-electron chi connectivity index (χ1n) is 21.4. The van der Waals surface area contributed by atoms with Gasteiger partial charge in [0.15, 0.2) is 0 Å². The molecule has 0 atom stereocenters. The van der Waals surface area contributed by atoms with Crippen LogP contribution in [0.3, 0.4) is 0 Å². The summed E-state index contributed by atoms with van der Waals surface area (Å²) in [5.74, 6) is 1.22. The Kier molecular flexibility index (Phi) is 9.99. The summed E-state index contributed by atoms with van der Waals surface area (Å²) in [6.07, 6.45) is 1.97. The van der Waals surface area contributed by atoms with Crippen LogP contribution in [0.4, 0.5) is 0 Å². The Hall–Kier alpha value is -6.78. The van der Waals surface area contributed by atoms with Crippen LogP contribution in [0.15, 0.2) is 164 Å². The van der Waals surface area contributed by atoms with Crippen LogP contribution in [0.2, 0.25) is 0 Å². The molecule has 9 rings (SSSR count). The highest BCUT2D eigenvalue weighted by Gasteiger charge is 2.30. The number of hydrogen-bond donors (Lipinski definition) is 1. The number of rotatable bonds is 7. The van der Waals surface area contributed by atoms with Crippen molar-refractivity contribution in [3.05, 3.63) is 181 Å². The predicted octanol–water partition coefficient (Wildman–Crippen LogP) is 15.3.